The number of carbonyl (C=O) groups excluding carboxylic acids is 2. The Balaban J connectivity index is 1.38. The fraction of sp³-hybridized carbons (Fsp3) is 0.333. The van der Waals surface area contributed by atoms with Crippen LogP contribution in [-0.2, 0) is 0 Å². The zero-order valence-electron chi connectivity index (χ0n) is 22.1. The van der Waals surface area contributed by atoms with Crippen LogP contribution in [0.3, 0.4) is 0 Å². The van der Waals surface area contributed by atoms with E-state index in [1.165, 1.54) is 10.5 Å². The Morgan fingerprint density at radius 1 is 0.816 bits per heavy atom. The highest BCUT2D eigenvalue weighted by molar-refractivity contribution is 6.24. The summed E-state index contributed by atoms with van der Waals surface area (Å²) in [6, 6.07) is 21.1. The molecule has 2 aliphatic heterocycles. The van der Waals surface area contributed by atoms with Gasteiger partial charge in [-0.25, -0.2) is 0 Å². The van der Waals surface area contributed by atoms with Crippen LogP contribution in [0.5, 0.6) is 11.5 Å². The molecular weight excluding hydrogens is 480 g/mol. The summed E-state index contributed by atoms with van der Waals surface area (Å²) in [5.74, 6) is 0.445. The molecule has 2 amide bonds. The number of fused-ring (bicyclic) bond motifs is 1. The van der Waals surface area contributed by atoms with E-state index in [0.29, 0.717) is 34.2 Å². The number of anilines is 1. The number of methoxy groups -OCH3 is 2. The van der Waals surface area contributed by atoms with E-state index in [9.17, 15) is 9.59 Å². The number of hydrogen-bond donors (Lipinski definition) is 1. The van der Waals surface area contributed by atoms with Gasteiger partial charge in [-0.05, 0) is 42.3 Å². The summed E-state index contributed by atoms with van der Waals surface area (Å²) in [6.45, 7) is 5.58. The third-order valence-corrected chi connectivity index (χ3v) is 7.74. The molecule has 38 heavy (non-hydrogen) atoms. The number of nitrogens with two attached hydrogens (primary N) is 1. The van der Waals surface area contributed by atoms with Crippen LogP contribution in [-0.4, -0.2) is 68.6 Å². The van der Waals surface area contributed by atoms with Crippen LogP contribution in [0.15, 0.2) is 66.7 Å². The van der Waals surface area contributed by atoms with E-state index in [1.807, 2.05) is 24.3 Å². The molecule has 0 radical (unpaired) electrons. The maximum atomic E-state index is 13.8. The van der Waals surface area contributed by atoms with Gasteiger partial charge in [0.15, 0.2) is 11.5 Å². The van der Waals surface area contributed by atoms with E-state index in [1.54, 1.807) is 32.4 Å². The lowest BCUT2D eigenvalue weighted by Crippen LogP contribution is -2.47. The molecule has 1 unspecified atom stereocenters. The molecule has 3 aromatic rings. The average Bonchev–Trinajstić information content (AvgIpc) is 3.23. The minimum absolute atomic E-state index is 0.0896. The van der Waals surface area contributed by atoms with Gasteiger partial charge < -0.3 is 20.1 Å². The van der Waals surface area contributed by atoms with Crippen LogP contribution in [0.1, 0.15) is 50.9 Å². The highest BCUT2D eigenvalue weighted by atomic mass is 16.5. The Labute approximate surface area is 223 Å². The SMILES string of the molecule is COc1ccc(C(CN)N2C(=O)c3cccc(N4CCN([C@H](C)c5ccccc5)CC4)c3C2=O)cc1OC. The summed E-state index contributed by atoms with van der Waals surface area (Å²) in [6.07, 6.45) is 0. The lowest BCUT2D eigenvalue weighted by molar-refractivity contribution is 0.0587. The van der Waals surface area contributed by atoms with Crippen molar-refractivity contribution in [1.29, 1.82) is 0 Å². The molecule has 2 heterocycles. The third-order valence-electron chi connectivity index (χ3n) is 7.74. The van der Waals surface area contributed by atoms with E-state index in [0.717, 1.165) is 31.9 Å². The standard InChI is InChI=1S/C30H34N4O4/c1-20(21-8-5-4-6-9-21)32-14-16-33(17-15-32)24-11-7-10-23-28(24)30(36)34(29(23)35)25(19-31)22-12-13-26(37-2)27(18-22)38-3/h4-13,18,20,25H,14-17,19,31H2,1-3H3/t20-,25?/m1/s1. The molecule has 0 aromatic heterocycles. The second-order valence-corrected chi connectivity index (χ2v) is 9.66. The zero-order valence-corrected chi connectivity index (χ0v) is 22.1. The molecule has 2 N–H and O–H groups in total. The van der Waals surface area contributed by atoms with E-state index >= 15 is 0 Å². The zero-order chi connectivity index (χ0) is 26.8. The van der Waals surface area contributed by atoms with Crippen molar-refractivity contribution in [3.63, 3.8) is 0 Å². The van der Waals surface area contributed by atoms with Gasteiger partial charge >= 0.3 is 0 Å². The minimum atomic E-state index is -0.626. The first-order chi connectivity index (χ1) is 18.5. The van der Waals surface area contributed by atoms with Crippen molar-refractivity contribution in [1.82, 2.24) is 9.80 Å². The number of carbonyl (C=O) groups is 2. The van der Waals surface area contributed by atoms with Gasteiger partial charge in [0.2, 0.25) is 0 Å². The predicted molar refractivity (Wildman–Crippen MR) is 147 cm³/mol. The van der Waals surface area contributed by atoms with Crippen LogP contribution in [0, 0.1) is 0 Å². The van der Waals surface area contributed by atoms with E-state index < -0.39 is 6.04 Å². The Morgan fingerprint density at radius 2 is 1.53 bits per heavy atom. The molecule has 0 bridgehead atoms. The number of rotatable bonds is 8. The van der Waals surface area contributed by atoms with Crippen molar-refractivity contribution in [2.75, 3.05) is 51.8 Å². The summed E-state index contributed by atoms with van der Waals surface area (Å²) in [7, 11) is 3.11. The molecule has 8 heteroatoms. The second kappa shape index (κ2) is 10.8. The van der Waals surface area contributed by atoms with Crippen LogP contribution in [0.25, 0.3) is 0 Å². The Bertz CT molecular complexity index is 1320. The molecule has 2 aliphatic rings. The lowest BCUT2D eigenvalue weighted by atomic mass is 10.0. The summed E-state index contributed by atoms with van der Waals surface area (Å²) >= 11 is 0. The number of benzene rings is 3. The molecule has 0 aliphatic carbocycles. The normalized spacial score (nSPS) is 17.4. The van der Waals surface area contributed by atoms with Crippen molar-refractivity contribution >= 4 is 17.5 Å². The van der Waals surface area contributed by atoms with E-state index in [-0.39, 0.29) is 18.4 Å². The van der Waals surface area contributed by atoms with Gasteiger partial charge in [-0.1, -0.05) is 42.5 Å². The predicted octanol–water partition coefficient (Wildman–Crippen LogP) is 3.88. The Hall–Kier alpha value is -3.88. The topological polar surface area (TPSA) is 88.3 Å². The molecule has 5 rings (SSSR count). The molecule has 1 saturated heterocycles. The quantitative estimate of drug-likeness (QED) is 0.457. The smallest absolute Gasteiger partial charge is 0.264 e. The lowest BCUT2D eigenvalue weighted by Gasteiger charge is -2.39. The minimum Gasteiger partial charge on any atom is -0.493 e. The number of ether oxygens (including phenoxy) is 2. The number of nitrogens with zero attached hydrogens (tertiary/aromatic N) is 3. The number of imide groups is 1. The summed E-state index contributed by atoms with van der Waals surface area (Å²) in [5, 5.41) is 0. The average molecular weight is 515 g/mol. The molecule has 0 saturated carbocycles. The van der Waals surface area contributed by atoms with Gasteiger partial charge in [0.25, 0.3) is 11.8 Å². The van der Waals surface area contributed by atoms with Gasteiger partial charge in [-0.15, -0.1) is 0 Å². The molecule has 1 fully saturated rings. The maximum absolute atomic E-state index is 13.8. The monoisotopic (exact) mass is 514 g/mol. The first kappa shape index (κ1) is 25.8. The van der Waals surface area contributed by atoms with Crippen LogP contribution >= 0.6 is 0 Å². The Morgan fingerprint density at radius 3 is 2.18 bits per heavy atom. The van der Waals surface area contributed by atoms with Crippen LogP contribution in [0.2, 0.25) is 0 Å². The molecule has 198 valence electrons. The summed E-state index contributed by atoms with van der Waals surface area (Å²) in [4.78, 5) is 33.4. The van der Waals surface area contributed by atoms with Crippen molar-refractivity contribution in [3.8, 4) is 11.5 Å². The van der Waals surface area contributed by atoms with Crippen LogP contribution < -0.4 is 20.1 Å². The van der Waals surface area contributed by atoms with Gasteiger partial charge in [-0.3, -0.25) is 19.4 Å². The third kappa shape index (κ3) is 4.50. The maximum Gasteiger partial charge on any atom is 0.264 e. The molecule has 8 nitrogen and oxygen atoms in total. The molecule has 3 aromatic carbocycles. The van der Waals surface area contributed by atoms with Crippen molar-refractivity contribution in [2.24, 2.45) is 5.73 Å². The van der Waals surface area contributed by atoms with Gasteiger partial charge in [-0.2, -0.15) is 0 Å². The first-order valence-electron chi connectivity index (χ1n) is 12.9. The highest BCUT2D eigenvalue weighted by Crippen LogP contribution is 2.38. The van der Waals surface area contributed by atoms with Crippen molar-refractivity contribution in [2.45, 2.75) is 19.0 Å². The van der Waals surface area contributed by atoms with Gasteiger partial charge in [0.1, 0.15) is 0 Å². The number of piperazine rings is 1. The van der Waals surface area contributed by atoms with E-state index in [4.69, 9.17) is 15.2 Å². The number of hydrogen-bond acceptors (Lipinski definition) is 7. The molecular formula is C30H34N4O4. The molecule has 2 atom stereocenters. The van der Waals surface area contributed by atoms with Crippen molar-refractivity contribution in [3.05, 3.63) is 89.0 Å². The Kier molecular flexibility index (Phi) is 7.35. The molecule has 0 spiro atoms. The summed E-state index contributed by atoms with van der Waals surface area (Å²) < 4.78 is 10.8. The fourth-order valence-electron chi connectivity index (χ4n) is 5.58. The fourth-order valence-corrected chi connectivity index (χ4v) is 5.58. The largest absolute Gasteiger partial charge is 0.493 e. The highest BCUT2D eigenvalue weighted by Gasteiger charge is 2.42. The summed E-state index contributed by atoms with van der Waals surface area (Å²) in [5.41, 5.74) is 9.84. The van der Waals surface area contributed by atoms with Gasteiger partial charge in [0, 0.05) is 38.8 Å². The second-order valence-electron chi connectivity index (χ2n) is 9.66. The number of amides is 2. The van der Waals surface area contributed by atoms with Crippen LogP contribution in [0.4, 0.5) is 5.69 Å². The van der Waals surface area contributed by atoms with Gasteiger partial charge in [0.05, 0.1) is 37.1 Å². The van der Waals surface area contributed by atoms with E-state index in [2.05, 4.69) is 41.0 Å². The van der Waals surface area contributed by atoms with Crippen molar-refractivity contribution < 1.29 is 19.1 Å². The first-order valence-corrected chi connectivity index (χ1v) is 12.9.